The Morgan fingerprint density at radius 1 is 0.860 bits per heavy atom. The topological polar surface area (TPSA) is 105 Å². The quantitative estimate of drug-likeness (QED) is 0.308. The lowest BCUT2D eigenvalue weighted by molar-refractivity contribution is -0.139. The van der Waals surface area contributed by atoms with Crippen molar-refractivity contribution in [2.45, 2.75) is 69.5 Å². The number of aryl methyl sites for hydroxylation is 1. The van der Waals surface area contributed by atoms with Crippen molar-refractivity contribution in [2.75, 3.05) is 25.1 Å². The van der Waals surface area contributed by atoms with Gasteiger partial charge < -0.3 is 19.7 Å². The van der Waals surface area contributed by atoms with Gasteiger partial charge in [0.05, 0.1) is 24.8 Å². The summed E-state index contributed by atoms with van der Waals surface area (Å²) in [6.45, 7) is 3.17. The molecule has 0 bridgehead atoms. The zero-order valence-corrected chi connectivity index (χ0v) is 26.1. The van der Waals surface area contributed by atoms with Crippen LogP contribution in [0, 0.1) is 6.92 Å². The maximum atomic E-state index is 14.1. The molecule has 0 heterocycles. The van der Waals surface area contributed by atoms with Crippen LogP contribution in [0.2, 0.25) is 0 Å². The lowest BCUT2D eigenvalue weighted by Crippen LogP contribution is -2.53. The van der Waals surface area contributed by atoms with Gasteiger partial charge in [-0.2, -0.15) is 0 Å². The molecular weight excluding hydrogens is 566 g/mol. The Labute approximate surface area is 254 Å². The Hall–Kier alpha value is -4.05. The van der Waals surface area contributed by atoms with Gasteiger partial charge in [-0.15, -0.1) is 0 Å². The van der Waals surface area contributed by atoms with E-state index in [1.54, 1.807) is 62.6 Å². The maximum absolute atomic E-state index is 14.1. The minimum Gasteiger partial charge on any atom is -0.497 e. The smallest absolute Gasteiger partial charge is 0.264 e. The van der Waals surface area contributed by atoms with Crippen LogP contribution < -0.4 is 19.1 Å². The monoisotopic (exact) mass is 607 g/mol. The van der Waals surface area contributed by atoms with Gasteiger partial charge in [0.15, 0.2) is 0 Å². The average molecular weight is 608 g/mol. The molecule has 0 spiro atoms. The molecule has 0 unspecified atom stereocenters. The molecule has 0 saturated heterocycles. The van der Waals surface area contributed by atoms with Crippen LogP contribution in [-0.4, -0.2) is 58.0 Å². The maximum Gasteiger partial charge on any atom is 0.264 e. The fourth-order valence-electron chi connectivity index (χ4n) is 5.19. The number of rotatable bonds is 12. The fourth-order valence-corrected chi connectivity index (χ4v) is 6.61. The van der Waals surface area contributed by atoms with Gasteiger partial charge >= 0.3 is 0 Å². The normalized spacial score (nSPS) is 14.4. The number of nitrogens with one attached hydrogen (secondary N) is 1. The van der Waals surface area contributed by atoms with Gasteiger partial charge in [0.2, 0.25) is 11.8 Å². The first-order chi connectivity index (χ1) is 20.6. The number of carbonyl (C=O) groups is 2. The molecule has 1 N–H and O–H groups in total. The molecule has 230 valence electrons. The van der Waals surface area contributed by atoms with E-state index in [1.807, 2.05) is 19.1 Å². The first-order valence-corrected chi connectivity index (χ1v) is 16.0. The Bertz CT molecular complexity index is 1470. The van der Waals surface area contributed by atoms with E-state index in [2.05, 4.69) is 5.32 Å². The average Bonchev–Trinajstić information content (AvgIpc) is 3.03. The number of sulfonamides is 1. The third-order valence-electron chi connectivity index (χ3n) is 7.88. The molecule has 10 heteroatoms. The second kappa shape index (κ2) is 14.4. The molecule has 1 fully saturated rings. The molecule has 1 aliphatic rings. The van der Waals surface area contributed by atoms with E-state index in [0.717, 1.165) is 47.5 Å². The summed E-state index contributed by atoms with van der Waals surface area (Å²) in [7, 11) is -1.04. The number of amides is 2. The summed E-state index contributed by atoms with van der Waals surface area (Å²) in [6, 6.07) is 19.5. The Morgan fingerprint density at radius 3 is 1.98 bits per heavy atom. The first-order valence-electron chi connectivity index (χ1n) is 14.6. The lowest BCUT2D eigenvalue weighted by Gasteiger charge is -2.33. The van der Waals surface area contributed by atoms with Crippen molar-refractivity contribution in [3.63, 3.8) is 0 Å². The van der Waals surface area contributed by atoms with Crippen LogP contribution in [0.1, 0.15) is 50.2 Å². The Balaban J connectivity index is 1.67. The van der Waals surface area contributed by atoms with E-state index in [0.29, 0.717) is 17.2 Å². The summed E-state index contributed by atoms with van der Waals surface area (Å²) in [5.41, 5.74) is 2.00. The van der Waals surface area contributed by atoms with Gasteiger partial charge in [0.1, 0.15) is 24.1 Å². The number of carbonyl (C=O) groups excluding carboxylic acids is 2. The minimum absolute atomic E-state index is 0.0616. The molecule has 9 nitrogen and oxygen atoms in total. The minimum atomic E-state index is -4.14. The van der Waals surface area contributed by atoms with Gasteiger partial charge in [-0.05, 0) is 80.8 Å². The number of benzene rings is 3. The van der Waals surface area contributed by atoms with E-state index in [-0.39, 0.29) is 23.4 Å². The number of hydrogen-bond donors (Lipinski definition) is 1. The Kier molecular flexibility index (Phi) is 10.7. The highest BCUT2D eigenvalue weighted by Gasteiger charge is 2.33. The largest absolute Gasteiger partial charge is 0.497 e. The molecule has 2 amide bonds. The summed E-state index contributed by atoms with van der Waals surface area (Å²) >= 11 is 0. The molecule has 4 rings (SSSR count). The molecule has 0 aromatic heterocycles. The zero-order chi connectivity index (χ0) is 31.0. The molecule has 1 atom stereocenters. The summed E-state index contributed by atoms with van der Waals surface area (Å²) in [6.07, 6.45) is 5.08. The number of methoxy groups -OCH3 is 2. The third-order valence-corrected chi connectivity index (χ3v) is 9.67. The summed E-state index contributed by atoms with van der Waals surface area (Å²) in [4.78, 5) is 29.1. The van der Waals surface area contributed by atoms with E-state index in [9.17, 15) is 18.0 Å². The van der Waals surface area contributed by atoms with Crippen LogP contribution in [0.5, 0.6) is 11.5 Å². The van der Waals surface area contributed by atoms with Crippen molar-refractivity contribution >= 4 is 27.5 Å². The van der Waals surface area contributed by atoms with Gasteiger partial charge in [0, 0.05) is 12.6 Å². The zero-order valence-electron chi connectivity index (χ0n) is 25.3. The van der Waals surface area contributed by atoms with Crippen LogP contribution in [0.15, 0.2) is 77.7 Å². The second-order valence-corrected chi connectivity index (χ2v) is 12.8. The molecule has 0 aliphatic heterocycles. The number of hydrogen-bond acceptors (Lipinski definition) is 6. The first kappa shape index (κ1) is 31.9. The molecule has 3 aromatic carbocycles. The number of nitrogens with zero attached hydrogens (tertiary/aromatic N) is 2. The predicted molar refractivity (Wildman–Crippen MR) is 167 cm³/mol. The molecule has 43 heavy (non-hydrogen) atoms. The highest BCUT2D eigenvalue weighted by molar-refractivity contribution is 7.92. The van der Waals surface area contributed by atoms with Crippen molar-refractivity contribution in [2.24, 2.45) is 0 Å². The summed E-state index contributed by atoms with van der Waals surface area (Å²) in [5, 5.41) is 3.12. The van der Waals surface area contributed by atoms with Crippen LogP contribution in [0.3, 0.4) is 0 Å². The van der Waals surface area contributed by atoms with Crippen LogP contribution in [0.25, 0.3) is 0 Å². The summed E-state index contributed by atoms with van der Waals surface area (Å²) in [5.74, 6) is 0.455. The van der Waals surface area contributed by atoms with Crippen LogP contribution in [-0.2, 0) is 26.2 Å². The third kappa shape index (κ3) is 8.07. The molecule has 1 aliphatic carbocycles. The van der Waals surface area contributed by atoms with Gasteiger partial charge in [0.25, 0.3) is 10.0 Å². The van der Waals surface area contributed by atoms with Crippen molar-refractivity contribution in [3.05, 3.63) is 83.9 Å². The van der Waals surface area contributed by atoms with E-state index >= 15 is 0 Å². The molecule has 0 radical (unpaired) electrons. The highest BCUT2D eigenvalue weighted by atomic mass is 32.2. The van der Waals surface area contributed by atoms with Crippen molar-refractivity contribution < 1.29 is 27.5 Å². The molecule has 3 aromatic rings. The summed E-state index contributed by atoms with van der Waals surface area (Å²) < 4.78 is 39.6. The molecule has 1 saturated carbocycles. The Morgan fingerprint density at radius 2 is 1.42 bits per heavy atom. The lowest BCUT2D eigenvalue weighted by atomic mass is 9.95. The van der Waals surface area contributed by atoms with Crippen LogP contribution >= 0.6 is 0 Å². The van der Waals surface area contributed by atoms with Crippen molar-refractivity contribution in [1.82, 2.24) is 10.2 Å². The fraction of sp³-hybridized carbons (Fsp3) is 0.394. The van der Waals surface area contributed by atoms with Gasteiger partial charge in [-0.3, -0.25) is 13.9 Å². The molecular formula is C33H41N3O6S. The predicted octanol–water partition coefficient (Wildman–Crippen LogP) is 5.07. The number of anilines is 1. The van der Waals surface area contributed by atoms with E-state index < -0.39 is 28.5 Å². The number of ether oxygens (including phenoxy) is 2. The van der Waals surface area contributed by atoms with Crippen molar-refractivity contribution in [3.8, 4) is 11.5 Å². The van der Waals surface area contributed by atoms with Crippen molar-refractivity contribution in [1.29, 1.82) is 0 Å². The van der Waals surface area contributed by atoms with E-state index in [1.165, 1.54) is 24.1 Å². The standard InChI is InChI=1S/C33H41N3O6S/c1-24-10-20-31(21-11-24)43(39,40)36(28-14-18-30(42-4)19-15-28)23-32(37)35(22-26-12-16-29(41-3)17-13-26)25(2)33(38)34-27-8-6-5-7-9-27/h10-21,25,27H,5-9,22-23H2,1-4H3,(H,34,38)/t25-/m0/s1. The van der Waals surface area contributed by atoms with E-state index in [4.69, 9.17) is 9.47 Å². The van der Waals surface area contributed by atoms with Gasteiger partial charge in [-0.25, -0.2) is 8.42 Å². The highest BCUT2D eigenvalue weighted by Crippen LogP contribution is 2.27. The van der Waals surface area contributed by atoms with Gasteiger partial charge in [-0.1, -0.05) is 49.1 Å². The SMILES string of the molecule is COc1ccc(CN(C(=O)CN(c2ccc(OC)cc2)S(=O)(=O)c2ccc(C)cc2)[C@@H](C)C(=O)NC2CCCCC2)cc1. The van der Waals surface area contributed by atoms with Crippen LogP contribution in [0.4, 0.5) is 5.69 Å². The second-order valence-electron chi connectivity index (χ2n) is 10.9.